The van der Waals surface area contributed by atoms with Gasteiger partial charge in [-0.05, 0) is 25.0 Å². The van der Waals surface area contributed by atoms with Gasteiger partial charge in [-0.3, -0.25) is 0 Å². The van der Waals surface area contributed by atoms with E-state index in [1.807, 2.05) is 4.57 Å². The molecule has 7 heteroatoms. The van der Waals surface area contributed by atoms with E-state index in [1.54, 1.807) is 6.07 Å². The summed E-state index contributed by atoms with van der Waals surface area (Å²) in [5, 5.41) is 8.64. The highest BCUT2D eigenvalue weighted by Crippen LogP contribution is 2.40. The summed E-state index contributed by atoms with van der Waals surface area (Å²) in [6.07, 6.45) is -2.31. The van der Waals surface area contributed by atoms with E-state index < -0.39 is 11.7 Å². The molecule has 106 valence electrons. The van der Waals surface area contributed by atoms with Gasteiger partial charge in [-0.15, -0.1) is 10.2 Å². The molecule has 1 fully saturated rings. The Morgan fingerprint density at radius 3 is 2.60 bits per heavy atom. The van der Waals surface area contributed by atoms with Crippen molar-refractivity contribution in [2.75, 3.05) is 0 Å². The first-order valence-electron chi connectivity index (χ1n) is 6.18. The summed E-state index contributed by atoms with van der Waals surface area (Å²) in [4.78, 5) is 0. The Labute approximate surface area is 121 Å². The second-order valence-electron chi connectivity index (χ2n) is 4.75. The molecule has 0 spiro atoms. The molecule has 3 nitrogen and oxygen atoms in total. The van der Waals surface area contributed by atoms with Crippen molar-refractivity contribution in [2.24, 2.45) is 0 Å². The lowest BCUT2D eigenvalue weighted by Crippen LogP contribution is -2.06. The summed E-state index contributed by atoms with van der Waals surface area (Å²) in [5.41, 5.74) is -0.216. The summed E-state index contributed by atoms with van der Waals surface area (Å²) in [6, 6.07) is 5.53. The minimum absolute atomic E-state index is 0.307. The third kappa shape index (κ3) is 2.46. The van der Waals surface area contributed by atoms with Crippen LogP contribution in [0.15, 0.2) is 24.3 Å². The minimum atomic E-state index is -4.35. The highest BCUT2D eigenvalue weighted by molar-refractivity contribution is 9.08. The number of hydrogen-bond donors (Lipinski definition) is 0. The topological polar surface area (TPSA) is 30.7 Å². The molecule has 1 aromatic carbocycles. The molecule has 1 aromatic heterocycles. The summed E-state index contributed by atoms with van der Waals surface area (Å²) in [5.74, 6) is 1.26. The fourth-order valence-electron chi connectivity index (χ4n) is 2.16. The van der Waals surface area contributed by atoms with Gasteiger partial charge in [-0.2, -0.15) is 13.2 Å². The molecule has 0 amide bonds. The van der Waals surface area contributed by atoms with E-state index in [0.717, 1.165) is 30.8 Å². The number of hydrogen-bond acceptors (Lipinski definition) is 2. The van der Waals surface area contributed by atoms with Crippen LogP contribution in [0, 0.1) is 0 Å². The standard InChI is InChI=1S/C13H11BrF3N3/c14-7-11-18-19-12(20(11)10-4-5-10)8-2-1-3-9(6-8)13(15,16)17/h1-3,6,10H,4-5,7H2. The highest BCUT2D eigenvalue weighted by atomic mass is 79.9. The lowest BCUT2D eigenvalue weighted by Gasteiger charge is -2.10. The Bertz CT molecular complexity index is 632. The molecule has 0 saturated heterocycles. The average Bonchev–Trinajstić information content (AvgIpc) is 3.17. The van der Waals surface area contributed by atoms with Gasteiger partial charge in [0, 0.05) is 11.6 Å². The van der Waals surface area contributed by atoms with Crippen molar-refractivity contribution in [3.63, 3.8) is 0 Å². The Kier molecular flexibility index (Phi) is 3.32. The quantitative estimate of drug-likeness (QED) is 0.780. The lowest BCUT2D eigenvalue weighted by molar-refractivity contribution is -0.137. The lowest BCUT2D eigenvalue weighted by atomic mass is 10.1. The Balaban J connectivity index is 2.07. The molecule has 0 unspecified atom stereocenters. The predicted octanol–water partition coefficient (Wildman–Crippen LogP) is 4.19. The largest absolute Gasteiger partial charge is 0.416 e. The Morgan fingerprint density at radius 1 is 1.25 bits per heavy atom. The molecule has 2 aromatic rings. The molecule has 0 N–H and O–H groups in total. The number of benzene rings is 1. The molecular weight excluding hydrogens is 335 g/mol. The van der Waals surface area contributed by atoms with Gasteiger partial charge in [0.15, 0.2) is 5.82 Å². The molecule has 0 radical (unpaired) electrons. The van der Waals surface area contributed by atoms with Crippen molar-refractivity contribution in [1.29, 1.82) is 0 Å². The summed E-state index contributed by atoms with van der Waals surface area (Å²) >= 11 is 3.33. The van der Waals surface area contributed by atoms with Crippen LogP contribution >= 0.6 is 15.9 Å². The van der Waals surface area contributed by atoms with Crippen LogP contribution in [-0.4, -0.2) is 14.8 Å². The van der Waals surface area contributed by atoms with Crippen molar-refractivity contribution in [1.82, 2.24) is 14.8 Å². The van der Waals surface area contributed by atoms with Crippen molar-refractivity contribution in [3.8, 4) is 11.4 Å². The second kappa shape index (κ2) is 4.87. The fraction of sp³-hybridized carbons (Fsp3) is 0.385. The van der Waals surface area contributed by atoms with E-state index in [2.05, 4.69) is 26.1 Å². The molecule has 1 aliphatic carbocycles. The van der Waals surface area contributed by atoms with E-state index >= 15 is 0 Å². The van der Waals surface area contributed by atoms with Crippen LogP contribution in [0.4, 0.5) is 13.2 Å². The monoisotopic (exact) mass is 345 g/mol. The van der Waals surface area contributed by atoms with Crippen molar-refractivity contribution < 1.29 is 13.2 Å². The van der Waals surface area contributed by atoms with Crippen molar-refractivity contribution in [3.05, 3.63) is 35.7 Å². The summed E-state index contributed by atoms with van der Waals surface area (Å²) in [6.45, 7) is 0. The normalized spacial score (nSPS) is 15.6. The number of halogens is 4. The van der Waals surface area contributed by atoms with Gasteiger partial charge >= 0.3 is 6.18 Å². The van der Waals surface area contributed by atoms with E-state index in [0.29, 0.717) is 22.8 Å². The van der Waals surface area contributed by atoms with Crippen LogP contribution in [0.3, 0.4) is 0 Å². The van der Waals surface area contributed by atoms with Gasteiger partial charge in [-0.25, -0.2) is 0 Å². The first-order valence-corrected chi connectivity index (χ1v) is 7.30. The van der Waals surface area contributed by atoms with Gasteiger partial charge in [0.25, 0.3) is 0 Å². The summed E-state index contributed by atoms with van der Waals surface area (Å²) in [7, 11) is 0. The number of nitrogens with zero attached hydrogens (tertiary/aromatic N) is 3. The smallest absolute Gasteiger partial charge is 0.307 e. The fourth-order valence-corrected chi connectivity index (χ4v) is 2.54. The molecule has 1 aliphatic rings. The molecule has 20 heavy (non-hydrogen) atoms. The number of alkyl halides is 4. The zero-order valence-electron chi connectivity index (χ0n) is 10.4. The molecule has 1 saturated carbocycles. The molecular formula is C13H11BrF3N3. The van der Waals surface area contributed by atoms with Crippen LogP contribution in [0.1, 0.15) is 30.3 Å². The SMILES string of the molecule is FC(F)(F)c1cccc(-c2nnc(CBr)n2C2CC2)c1. The molecule has 0 atom stereocenters. The van der Waals surface area contributed by atoms with E-state index in [-0.39, 0.29) is 0 Å². The highest BCUT2D eigenvalue weighted by Gasteiger charge is 2.32. The van der Waals surface area contributed by atoms with Crippen LogP contribution in [-0.2, 0) is 11.5 Å². The van der Waals surface area contributed by atoms with Crippen molar-refractivity contribution in [2.45, 2.75) is 30.4 Å². The second-order valence-corrected chi connectivity index (χ2v) is 5.31. The first-order chi connectivity index (χ1) is 9.50. The van der Waals surface area contributed by atoms with Gasteiger partial charge < -0.3 is 4.57 Å². The van der Waals surface area contributed by atoms with Gasteiger partial charge in [0.05, 0.1) is 10.9 Å². The third-order valence-corrected chi connectivity index (χ3v) is 3.75. The summed E-state index contributed by atoms with van der Waals surface area (Å²) < 4.78 is 40.3. The van der Waals surface area contributed by atoms with Gasteiger partial charge in [0.2, 0.25) is 0 Å². The maximum atomic E-state index is 12.8. The van der Waals surface area contributed by atoms with E-state index in [4.69, 9.17) is 0 Å². The zero-order chi connectivity index (χ0) is 14.3. The Morgan fingerprint density at radius 2 is 2.00 bits per heavy atom. The van der Waals surface area contributed by atoms with Crippen LogP contribution in [0.25, 0.3) is 11.4 Å². The molecule has 0 bridgehead atoms. The predicted molar refractivity (Wildman–Crippen MR) is 71.4 cm³/mol. The van der Waals surface area contributed by atoms with Crippen molar-refractivity contribution >= 4 is 15.9 Å². The van der Waals surface area contributed by atoms with Gasteiger partial charge in [-0.1, -0.05) is 28.1 Å². The maximum absolute atomic E-state index is 12.8. The Hall–Kier alpha value is -1.37. The first kappa shape index (κ1) is 13.6. The van der Waals surface area contributed by atoms with Crippen LogP contribution in [0.5, 0.6) is 0 Å². The number of rotatable bonds is 3. The molecule has 0 aliphatic heterocycles. The average molecular weight is 346 g/mol. The van der Waals surface area contributed by atoms with Crippen LogP contribution in [0.2, 0.25) is 0 Å². The van der Waals surface area contributed by atoms with Gasteiger partial charge in [0.1, 0.15) is 5.82 Å². The maximum Gasteiger partial charge on any atom is 0.416 e. The number of aromatic nitrogens is 3. The molecule has 3 rings (SSSR count). The zero-order valence-corrected chi connectivity index (χ0v) is 11.9. The third-order valence-electron chi connectivity index (χ3n) is 3.25. The van der Waals surface area contributed by atoms with E-state index in [9.17, 15) is 13.2 Å². The molecule has 1 heterocycles. The minimum Gasteiger partial charge on any atom is -0.307 e. The van der Waals surface area contributed by atoms with Crippen LogP contribution < -0.4 is 0 Å². The van der Waals surface area contributed by atoms with E-state index in [1.165, 1.54) is 6.07 Å².